The van der Waals surface area contributed by atoms with Crippen LogP contribution in [-0.2, 0) is 33.1 Å². The summed E-state index contributed by atoms with van der Waals surface area (Å²) in [6.45, 7) is 0.961. The van der Waals surface area contributed by atoms with Gasteiger partial charge in [-0.3, -0.25) is 13.9 Å². The molecule has 0 radical (unpaired) electrons. The van der Waals surface area contributed by atoms with Crippen LogP contribution in [-0.4, -0.2) is 24.5 Å². The van der Waals surface area contributed by atoms with Gasteiger partial charge in [-0.05, 0) is 17.7 Å². The van der Waals surface area contributed by atoms with Gasteiger partial charge in [0.2, 0.25) is 5.89 Å². The Labute approximate surface area is 174 Å². The smallest absolute Gasteiger partial charge is 0.331 e. The van der Waals surface area contributed by atoms with E-state index in [4.69, 9.17) is 16.1 Å². The Kier molecular flexibility index (Phi) is 4.60. The lowest BCUT2D eigenvalue weighted by Crippen LogP contribution is -2.42. The molecule has 10 heteroatoms. The molecule has 29 heavy (non-hydrogen) atoms. The summed E-state index contributed by atoms with van der Waals surface area (Å²) in [5.74, 6) is 0.848. The largest absolute Gasteiger partial charge is 0.337 e. The van der Waals surface area contributed by atoms with Gasteiger partial charge in [-0.1, -0.05) is 28.9 Å². The van der Waals surface area contributed by atoms with Crippen molar-refractivity contribution >= 4 is 23.4 Å². The highest BCUT2D eigenvalue weighted by atomic mass is 35.5. The normalized spacial score (nSPS) is 20.1. The Balaban J connectivity index is 1.31. The van der Waals surface area contributed by atoms with E-state index < -0.39 is 0 Å². The van der Waals surface area contributed by atoms with Crippen LogP contribution >= 0.6 is 23.4 Å². The van der Waals surface area contributed by atoms with Crippen LogP contribution in [0.25, 0.3) is 0 Å². The summed E-state index contributed by atoms with van der Waals surface area (Å²) in [5, 5.41) is 8.64. The molecule has 2 aromatic heterocycles. The van der Waals surface area contributed by atoms with Crippen molar-refractivity contribution in [3.63, 3.8) is 0 Å². The van der Waals surface area contributed by atoms with Gasteiger partial charge in [-0.2, -0.15) is 4.98 Å². The van der Waals surface area contributed by atoms with Crippen LogP contribution in [0.4, 0.5) is 0 Å². The molecule has 3 aromatic rings. The fourth-order valence-corrected chi connectivity index (χ4v) is 4.94. The van der Waals surface area contributed by atoms with Gasteiger partial charge in [0.05, 0.1) is 5.56 Å². The Morgan fingerprint density at radius 1 is 1.28 bits per heavy atom. The molecule has 0 amide bonds. The van der Waals surface area contributed by atoms with Gasteiger partial charge in [0.15, 0.2) is 5.82 Å². The number of nitrogens with one attached hydrogen (secondary N) is 1. The molecule has 4 heterocycles. The number of thioether (sulfide) groups is 1. The Morgan fingerprint density at radius 2 is 2.07 bits per heavy atom. The van der Waals surface area contributed by atoms with E-state index >= 15 is 0 Å². The number of aromatic nitrogens is 4. The zero-order chi connectivity index (χ0) is 20.1. The Morgan fingerprint density at radius 3 is 2.86 bits per heavy atom. The van der Waals surface area contributed by atoms with E-state index in [2.05, 4.69) is 15.5 Å². The van der Waals surface area contributed by atoms with E-state index in [0.29, 0.717) is 41.4 Å². The molecule has 1 saturated heterocycles. The first-order valence-corrected chi connectivity index (χ1v) is 10.6. The first-order valence-electron chi connectivity index (χ1n) is 9.26. The third kappa shape index (κ3) is 3.43. The zero-order valence-corrected chi connectivity index (χ0v) is 17.2. The minimum atomic E-state index is -0.377. The zero-order valence-electron chi connectivity index (χ0n) is 15.6. The molecule has 0 bridgehead atoms. The van der Waals surface area contributed by atoms with E-state index in [-0.39, 0.29) is 23.7 Å². The highest BCUT2D eigenvalue weighted by Crippen LogP contribution is 2.56. The number of hydrogen-bond acceptors (Lipinski definition) is 7. The van der Waals surface area contributed by atoms with Crippen molar-refractivity contribution in [3.05, 3.63) is 78.7 Å². The summed E-state index contributed by atoms with van der Waals surface area (Å²) in [5.41, 5.74) is 1.91. The lowest BCUT2D eigenvalue weighted by molar-refractivity contribution is 0.361. The first kappa shape index (κ1) is 18.7. The predicted octanol–water partition coefficient (Wildman–Crippen LogP) is 1.63. The van der Waals surface area contributed by atoms with E-state index in [1.807, 2.05) is 36.0 Å². The molecule has 0 spiro atoms. The molecule has 150 valence electrons. The topological polar surface area (TPSA) is 94.9 Å². The van der Waals surface area contributed by atoms with Crippen LogP contribution in [0.3, 0.4) is 0 Å². The molecule has 2 aliphatic rings. The third-order valence-corrected chi connectivity index (χ3v) is 6.96. The predicted molar refractivity (Wildman–Crippen MR) is 109 cm³/mol. The number of hydrogen-bond donors (Lipinski definition) is 1. The SMILES string of the molecule is Cn1c2c(c(=O)n(Cc3nc(CC4SC4c4ccc(Cl)cc4)no3)c1=O)CNC2. The van der Waals surface area contributed by atoms with Crippen LogP contribution in [0.5, 0.6) is 0 Å². The second kappa shape index (κ2) is 7.16. The average molecular weight is 432 g/mol. The minimum Gasteiger partial charge on any atom is -0.337 e. The molecule has 0 aliphatic carbocycles. The maximum Gasteiger partial charge on any atom is 0.331 e. The van der Waals surface area contributed by atoms with Crippen LogP contribution in [0, 0.1) is 0 Å². The van der Waals surface area contributed by atoms with Gasteiger partial charge in [0.25, 0.3) is 5.56 Å². The lowest BCUT2D eigenvalue weighted by Gasteiger charge is -2.09. The summed E-state index contributed by atoms with van der Waals surface area (Å²) in [6, 6.07) is 7.85. The molecule has 2 unspecified atom stereocenters. The maximum absolute atomic E-state index is 12.7. The van der Waals surface area contributed by atoms with Crippen LogP contribution in [0.15, 0.2) is 38.4 Å². The van der Waals surface area contributed by atoms with Gasteiger partial charge in [-0.15, -0.1) is 11.8 Å². The van der Waals surface area contributed by atoms with Crippen molar-refractivity contribution in [3.8, 4) is 0 Å². The van der Waals surface area contributed by atoms with Gasteiger partial charge < -0.3 is 9.84 Å². The standard InChI is InChI=1S/C19H18ClN5O3S/c1-24-13-8-21-7-12(13)18(26)25(19(24)27)9-16-22-15(23-28-16)6-14-17(29-14)10-2-4-11(20)5-3-10/h2-5,14,17,21H,6-9H2,1H3. The number of nitrogens with zero attached hydrogens (tertiary/aromatic N) is 4. The summed E-state index contributed by atoms with van der Waals surface area (Å²) in [7, 11) is 1.67. The van der Waals surface area contributed by atoms with Gasteiger partial charge in [0.1, 0.15) is 6.54 Å². The van der Waals surface area contributed by atoms with E-state index in [9.17, 15) is 9.59 Å². The van der Waals surface area contributed by atoms with Gasteiger partial charge in [-0.25, -0.2) is 4.79 Å². The maximum atomic E-state index is 12.7. The van der Waals surface area contributed by atoms with Crippen molar-refractivity contribution in [2.24, 2.45) is 7.05 Å². The van der Waals surface area contributed by atoms with Crippen molar-refractivity contribution in [1.82, 2.24) is 24.6 Å². The number of benzene rings is 1. The number of halogens is 1. The molecular weight excluding hydrogens is 414 g/mol. The van der Waals surface area contributed by atoms with Crippen molar-refractivity contribution in [2.75, 3.05) is 0 Å². The average Bonchev–Trinajstić information content (AvgIpc) is 3.10. The number of fused-ring (bicyclic) bond motifs is 1. The van der Waals surface area contributed by atoms with Crippen LogP contribution in [0.1, 0.15) is 33.8 Å². The number of rotatable bonds is 5. The highest BCUT2D eigenvalue weighted by Gasteiger charge is 2.40. The van der Waals surface area contributed by atoms with E-state index in [1.54, 1.807) is 7.05 Å². The fourth-order valence-electron chi connectivity index (χ4n) is 3.72. The molecule has 2 aliphatic heterocycles. The molecule has 1 N–H and O–H groups in total. The molecule has 8 nitrogen and oxygen atoms in total. The van der Waals surface area contributed by atoms with Gasteiger partial charge >= 0.3 is 5.69 Å². The lowest BCUT2D eigenvalue weighted by atomic mass is 10.1. The Bertz CT molecular complexity index is 1200. The fraction of sp³-hybridized carbons (Fsp3) is 0.368. The second-order valence-corrected chi connectivity index (χ2v) is 9.04. The summed E-state index contributed by atoms with van der Waals surface area (Å²) in [6.07, 6.45) is 0.669. The summed E-state index contributed by atoms with van der Waals surface area (Å²) >= 11 is 7.79. The molecule has 0 saturated carbocycles. The van der Waals surface area contributed by atoms with E-state index in [0.717, 1.165) is 15.3 Å². The Hall–Kier alpha value is -2.36. The quantitative estimate of drug-likeness (QED) is 0.613. The molecular formula is C19H18ClN5O3S. The van der Waals surface area contributed by atoms with Crippen molar-refractivity contribution < 1.29 is 4.52 Å². The van der Waals surface area contributed by atoms with Crippen molar-refractivity contribution in [2.45, 2.75) is 36.6 Å². The van der Waals surface area contributed by atoms with Gasteiger partial charge in [0, 0.05) is 47.8 Å². The van der Waals surface area contributed by atoms with Crippen LogP contribution < -0.4 is 16.6 Å². The molecule has 5 rings (SSSR count). The summed E-state index contributed by atoms with van der Waals surface area (Å²) < 4.78 is 7.98. The molecule has 1 fully saturated rings. The van der Waals surface area contributed by atoms with E-state index in [1.165, 1.54) is 10.1 Å². The molecule has 1 aromatic carbocycles. The highest BCUT2D eigenvalue weighted by molar-refractivity contribution is 8.07. The van der Waals surface area contributed by atoms with Crippen LogP contribution in [0.2, 0.25) is 5.02 Å². The van der Waals surface area contributed by atoms with Crippen molar-refractivity contribution in [1.29, 1.82) is 0 Å². The third-order valence-electron chi connectivity index (χ3n) is 5.34. The first-order chi connectivity index (χ1) is 14.0. The minimum absolute atomic E-state index is 0.0236. The summed E-state index contributed by atoms with van der Waals surface area (Å²) in [4.78, 5) is 29.6. The molecule has 2 atom stereocenters. The second-order valence-electron chi connectivity index (χ2n) is 7.22. The monoisotopic (exact) mass is 431 g/mol.